The van der Waals surface area contributed by atoms with E-state index in [2.05, 4.69) is 16.0 Å². The molecular weight excluding hydrogens is 388 g/mol. The molecule has 7 heteroatoms. The Morgan fingerprint density at radius 1 is 1.21 bits per heavy atom. The molecule has 0 saturated carbocycles. The van der Waals surface area contributed by atoms with E-state index < -0.39 is 11.7 Å². The van der Waals surface area contributed by atoms with Crippen LogP contribution in [0.1, 0.15) is 31.9 Å². The van der Waals surface area contributed by atoms with E-state index in [1.54, 1.807) is 26.8 Å². The highest BCUT2D eigenvalue weighted by atomic mass is 35.5. The molecule has 0 bridgehead atoms. The predicted molar refractivity (Wildman–Crippen MR) is 113 cm³/mol. The summed E-state index contributed by atoms with van der Waals surface area (Å²) in [5.74, 6) is 0.345. The number of nitrogens with zero attached hydrogens (tertiary/aromatic N) is 4. The maximum absolute atomic E-state index is 12.8. The summed E-state index contributed by atoms with van der Waals surface area (Å²) in [5.41, 5.74) is 0.788. The number of benzene rings is 2. The van der Waals surface area contributed by atoms with Gasteiger partial charge in [0.05, 0.1) is 11.6 Å². The van der Waals surface area contributed by atoms with Crippen molar-refractivity contribution < 1.29 is 9.53 Å². The van der Waals surface area contributed by atoms with Crippen molar-refractivity contribution in [2.24, 2.45) is 0 Å². The van der Waals surface area contributed by atoms with Crippen LogP contribution in [-0.4, -0.2) is 28.2 Å². The first-order valence-corrected chi connectivity index (χ1v) is 9.55. The van der Waals surface area contributed by atoms with Crippen LogP contribution in [0.3, 0.4) is 0 Å². The van der Waals surface area contributed by atoms with Gasteiger partial charge in [0.15, 0.2) is 0 Å². The number of amides is 1. The summed E-state index contributed by atoms with van der Waals surface area (Å²) in [7, 11) is 0. The van der Waals surface area contributed by atoms with E-state index in [0.717, 1.165) is 16.3 Å². The summed E-state index contributed by atoms with van der Waals surface area (Å²) in [6.45, 7) is 5.67. The van der Waals surface area contributed by atoms with E-state index in [0.29, 0.717) is 17.8 Å². The number of halogens is 1. The van der Waals surface area contributed by atoms with Crippen LogP contribution < -0.4 is 4.90 Å². The zero-order valence-electron chi connectivity index (χ0n) is 16.5. The Hall–Kier alpha value is -3.17. The number of hydrogen-bond acceptors (Lipinski definition) is 5. The van der Waals surface area contributed by atoms with Gasteiger partial charge in [0.1, 0.15) is 22.9 Å². The van der Waals surface area contributed by atoms with Crippen LogP contribution in [0.25, 0.3) is 10.8 Å². The van der Waals surface area contributed by atoms with Crippen LogP contribution in [0.4, 0.5) is 10.6 Å². The van der Waals surface area contributed by atoms with Gasteiger partial charge in [0.2, 0.25) is 0 Å². The lowest BCUT2D eigenvalue weighted by Gasteiger charge is -2.27. The van der Waals surface area contributed by atoms with Crippen molar-refractivity contribution >= 4 is 34.3 Å². The number of aromatic nitrogens is 2. The molecule has 0 atom stereocenters. The minimum atomic E-state index is -0.663. The lowest BCUT2D eigenvalue weighted by Crippen LogP contribution is -2.38. The van der Waals surface area contributed by atoms with Gasteiger partial charge in [-0.3, -0.25) is 4.90 Å². The highest BCUT2D eigenvalue weighted by Crippen LogP contribution is 2.25. The Morgan fingerprint density at radius 2 is 1.97 bits per heavy atom. The van der Waals surface area contributed by atoms with Gasteiger partial charge >= 0.3 is 6.09 Å². The molecule has 3 rings (SSSR count). The SMILES string of the molecule is CC(C)(C)OC(=O)N(CCc1c(C#N)ccc2ccccc12)c1cc(Cl)ncn1. The molecule has 0 aliphatic heterocycles. The largest absolute Gasteiger partial charge is 0.443 e. The number of fused-ring (bicyclic) bond motifs is 1. The first kappa shape index (κ1) is 20.6. The third kappa shape index (κ3) is 5.01. The molecular formula is C22H21ClN4O2. The molecule has 148 valence electrons. The van der Waals surface area contributed by atoms with Crippen molar-refractivity contribution in [3.8, 4) is 6.07 Å². The smallest absolute Gasteiger partial charge is 0.416 e. The molecule has 1 amide bonds. The molecule has 2 aromatic carbocycles. The van der Waals surface area contributed by atoms with Crippen molar-refractivity contribution in [3.05, 3.63) is 65.1 Å². The molecule has 0 radical (unpaired) electrons. The van der Waals surface area contributed by atoms with E-state index in [9.17, 15) is 10.1 Å². The average Bonchev–Trinajstić information content (AvgIpc) is 2.66. The Kier molecular flexibility index (Phi) is 6.00. The van der Waals surface area contributed by atoms with Gasteiger partial charge in [-0.25, -0.2) is 14.8 Å². The van der Waals surface area contributed by atoms with E-state index >= 15 is 0 Å². The number of carbonyl (C=O) groups excluding carboxylic acids is 1. The summed E-state index contributed by atoms with van der Waals surface area (Å²) >= 11 is 6.00. The first-order chi connectivity index (χ1) is 13.8. The van der Waals surface area contributed by atoms with Gasteiger partial charge in [-0.1, -0.05) is 41.9 Å². The number of anilines is 1. The lowest BCUT2D eigenvalue weighted by molar-refractivity contribution is 0.0579. The standard InChI is InChI=1S/C22H21ClN4O2/c1-22(2,3)29-21(28)27(20-12-19(23)25-14-26-20)11-10-18-16(13-24)9-8-15-6-4-5-7-17(15)18/h4-9,12,14H,10-11H2,1-3H3. The number of nitriles is 1. The zero-order valence-corrected chi connectivity index (χ0v) is 17.3. The number of ether oxygens (including phenoxy) is 1. The average molecular weight is 409 g/mol. The number of rotatable bonds is 4. The molecule has 0 aliphatic rings. The molecule has 0 unspecified atom stereocenters. The molecule has 0 aliphatic carbocycles. The second-order valence-electron chi connectivity index (χ2n) is 7.51. The minimum absolute atomic E-state index is 0.228. The van der Waals surface area contributed by atoms with Crippen molar-refractivity contribution in [1.82, 2.24) is 9.97 Å². The fourth-order valence-electron chi connectivity index (χ4n) is 3.02. The molecule has 29 heavy (non-hydrogen) atoms. The zero-order chi connectivity index (χ0) is 21.0. The monoisotopic (exact) mass is 408 g/mol. The topological polar surface area (TPSA) is 79.1 Å². The fraction of sp³-hybridized carbons (Fsp3) is 0.273. The maximum atomic E-state index is 12.8. The number of hydrogen-bond donors (Lipinski definition) is 0. The highest BCUT2D eigenvalue weighted by molar-refractivity contribution is 6.29. The molecule has 1 heterocycles. The van der Waals surface area contributed by atoms with Crippen molar-refractivity contribution in [3.63, 3.8) is 0 Å². The Balaban J connectivity index is 1.96. The van der Waals surface area contributed by atoms with Crippen LogP contribution in [0.15, 0.2) is 48.8 Å². The second-order valence-corrected chi connectivity index (χ2v) is 7.89. The van der Waals surface area contributed by atoms with Crippen LogP contribution >= 0.6 is 11.6 Å². The van der Waals surface area contributed by atoms with E-state index in [-0.39, 0.29) is 11.7 Å². The van der Waals surface area contributed by atoms with Crippen molar-refractivity contribution in [1.29, 1.82) is 5.26 Å². The molecule has 0 N–H and O–H groups in total. The Bertz CT molecular complexity index is 1090. The van der Waals surface area contributed by atoms with Gasteiger partial charge in [0.25, 0.3) is 0 Å². The third-order valence-electron chi connectivity index (χ3n) is 4.26. The summed E-state index contributed by atoms with van der Waals surface area (Å²) < 4.78 is 5.55. The van der Waals surface area contributed by atoms with Gasteiger partial charge in [-0.2, -0.15) is 5.26 Å². The molecule has 0 saturated heterocycles. The first-order valence-electron chi connectivity index (χ1n) is 9.17. The quantitative estimate of drug-likeness (QED) is 0.558. The summed E-state index contributed by atoms with van der Waals surface area (Å²) in [5, 5.41) is 11.8. The minimum Gasteiger partial charge on any atom is -0.443 e. The lowest BCUT2D eigenvalue weighted by atomic mass is 9.97. The van der Waals surface area contributed by atoms with E-state index in [1.165, 1.54) is 17.3 Å². The highest BCUT2D eigenvalue weighted by Gasteiger charge is 2.25. The van der Waals surface area contributed by atoms with Gasteiger partial charge in [-0.05, 0) is 49.6 Å². The molecule has 0 spiro atoms. The molecule has 1 aromatic heterocycles. The molecule has 3 aromatic rings. The summed E-state index contributed by atoms with van der Waals surface area (Å²) in [4.78, 5) is 22.3. The predicted octanol–water partition coefficient (Wildman–Crippen LogP) is 5.14. The summed E-state index contributed by atoms with van der Waals surface area (Å²) in [6, 6.07) is 15.3. The van der Waals surface area contributed by atoms with Gasteiger partial charge < -0.3 is 4.74 Å². The normalized spacial score (nSPS) is 11.1. The van der Waals surface area contributed by atoms with E-state index in [1.807, 2.05) is 30.3 Å². The van der Waals surface area contributed by atoms with Gasteiger partial charge in [-0.15, -0.1) is 0 Å². The number of carbonyl (C=O) groups is 1. The van der Waals surface area contributed by atoms with Crippen LogP contribution in [-0.2, 0) is 11.2 Å². The summed E-state index contributed by atoms with van der Waals surface area (Å²) in [6.07, 6.45) is 1.21. The second kappa shape index (κ2) is 8.46. The fourth-order valence-corrected chi connectivity index (χ4v) is 3.16. The molecule has 0 fully saturated rings. The van der Waals surface area contributed by atoms with Crippen molar-refractivity contribution in [2.75, 3.05) is 11.4 Å². The maximum Gasteiger partial charge on any atom is 0.416 e. The van der Waals surface area contributed by atoms with E-state index in [4.69, 9.17) is 16.3 Å². The van der Waals surface area contributed by atoms with Crippen LogP contribution in [0.2, 0.25) is 5.15 Å². The Morgan fingerprint density at radius 3 is 2.66 bits per heavy atom. The Labute approximate surface area is 174 Å². The van der Waals surface area contributed by atoms with Crippen LogP contribution in [0, 0.1) is 11.3 Å². The molecule has 6 nitrogen and oxygen atoms in total. The van der Waals surface area contributed by atoms with Gasteiger partial charge in [0, 0.05) is 12.6 Å². The van der Waals surface area contributed by atoms with Crippen LogP contribution in [0.5, 0.6) is 0 Å². The third-order valence-corrected chi connectivity index (χ3v) is 4.46. The van der Waals surface area contributed by atoms with Crippen molar-refractivity contribution in [2.45, 2.75) is 32.8 Å².